The van der Waals surface area contributed by atoms with Crippen LogP contribution in [0.25, 0.3) is 0 Å². The van der Waals surface area contributed by atoms with Gasteiger partial charge in [0.15, 0.2) is 0 Å². The second-order valence-electron chi connectivity index (χ2n) is 4.57. The number of sulfonamides is 1. The van der Waals surface area contributed by atoms with E-state index in [1.165, 1.54) is 4.31 Å². The molecule has 6 heteroatoms. The van der Waals surface area contributed by atoms with Crippen LogP contribution in [-0.4, -0.2) is 42.1 Å². The fraction of sp³-hybridized carbons (Fsp3) is 0.636. The lowest BCUT2D eigenvalue weighted by Gasteiger charge is -2.30. The van der Waals surface area contributed by atoms with Gasteiger partial charge in [0, 0.05) is 39.1 Å². The zero-order valence-corrected chi connectivity index (χ0v) is 10.7. The van der Waals surface area contributed by atoms with Gasteiger partial charge in [-0.2, -0.15) is 4.31 Å². The number of piperidine rings is 1. The molecule has 0 bridgehead atoms. The quantitative estimate of drug-likeness (QED) is 0.854. The molecule has 0 saturated carbocycles. The van der Waals surface area contributed by atoms with E-state index >= 15 is 0 Å². The molecular formula is C11H18N2O3S. The molecule has 0 spiro atoms. The normalized spacial score (nSPS) is 22.8. The Kier molecular flexibility index (Phi) is 3.56. The standard InChI is InChI=1S/C11H18N2O3S/c1-12-6-4-11(8-12)17(15,16)13-5-2-3-10(7-13)9-14/h4,6,8,10,14H,2-3,5,7,9H2,1H3. The van der Waals surface area contributed by atoms with Crippen LogP contribution in [0.3, 0.4) is 0 Å². The van der Waals surface area contributed by atoms with Crippen molar-refractivity contribution in [3.63, 3.8) is 0 Å². The van der Waals surface area contributed by atoms with E-state index in [4.69, 9.17) is 5.11 Å². The predicted octanol–water partition coefficient (Wildman–Crippen LogP) is 0.418. The smallest absolute Gasteiger partial charge is 0.244 e. The first kappa shape index (κ1) is 12.6. The number of aliphatic hydroxyl groups is 1. The van der Waals surface area contributed by atoms with Crippen LogP contribution in [-0.2, 0) is 17.1 Å². The minimum absolute atomic E-state index is 0.0564. The lowest BCUT2D eigenvalue weighted by Crippen LogP contribution is -2.40. The Balaban J connectivity index is 2.21. The zero-order chi connectivity index (χ0) is 12.5. The maximum absolute atomic E-state index is 12.3. The van der Waals surface area contributed by atoms with Crippen molar-refractivity contribution >= 4 is 10.0 Å². The molecule has 0 aromatic carbocycles. The van der Waals surface area contributed by atoms with Crippen molar-refractivity contribution in [3.05, 3.63) is 18.5 Å². The van der Waals surface area contributed by atoms with Crippen LogP contribution < -0.4 is 0 Å². The molecule has 0 aliphatic carbocycles. The van der Waals surface area contributed by atoms with Gasteiger partial charge in [0.05, 0.1) is 4.90 Å². The van der Waals surface area contributed by atoms with Crippen LogP contribution in [0, 0.1) is 5.92 Å². The van der Waals surface area contributed by atoms with Crippen LogP contribution in [0.4, 0.5) is 0 Å². The molecule has 5 nitrogen and oxygen atoms in total. The number of nitrogens with zero attached hydrogens (tertiary/aromatic N) is 2. The molecule has 96 valence electrons. The maximum atomic E-state index is 12.3. The minimum Gasteiger partial charge on any atom is -0.396 e. The lowest BCUT2D eigenvalue weighted by atomic mass is 10.0. The van der Waals surface area contributed by atoms with Crippen LogP contribution in [0.2, 0.25) is 0 Å². The van der Waals surface area contributed by atoms with Gasteiger partial charge in [0.2, 0.25) is 10.0 Å². The lowest BCUT2D eigenvalue weighted by molar-refractivity contribution is 0.165. The summed E-state index contributed by atoms with van der Waals surface area (Å²) < 4.78 is 27.8. The molecule has 1 aromatic heterocycles. The molecule has 2 rings (SSSR count). The molecule has 1 saturated heterocycles. The summed E-state index contributed by atoms with van der Waals surface area (Å²) in [6, 6.07) is 1.61. The first-order chi connectivity index (χ1) is 8.04. The molecule has 1 fully saturated rings. The average molecular weight is 258 g/mol. The maximum Gasteiger partial charge on any atom is 0.244 e. The van der Waals surface area contributed by atoms with Gasteiger partial charge in [-0.15, -0.1) is 0 Å². The predicted molar refractivity (Wildman–Crippen MR) is 64.0 cm³/mol. The van der Waals surface area contributed by atoms with Crippen molar-refractivity contribution in [1.29, 1.82) is 0 Å². The highest BCUT2D eigenvalue weighted by atomic mass is 32.2. The van der Waals surface area contributed by atoms with Gasteiger partial charge in [-0.25, -0.2) is 8.42 Å². The van der Waals surface area contributed by atoms with Crippen molar-refractivity contribution < 1.29 is 13.5 Å². The van der Waals surface area contributed by atoms with E-state index in [-0.39, 0.29) is 12.5 Å². The first-order valence-corrected chi connectivity index (χ1v) is 7.21. The number of aryl methyl sites for hydroxylation is 1. The molecule has 17 heavy (non-hydrogen) atoms. The van der Waals surface area contributed by atoms with E-state index in [0.717, 1.165) is 12.8 Å². The Labute approximate surface area is 102 Å². The summed E-state index contributed by atoms with van der Waals surface area (Å²) in [7, 11) is -1.59. The highest BCUT2D eigenvalue weighted by molar-refractivity contribution is 7.89. The van der Waals surface area contributed by atoms with E-state index in [2.05, 4.69) is 0 Å². The highest BCUT2D eigenvalue weighted by Gasteiger charge is 2.30. The van der Waals surface area contributed by atoms with Crippen molar-refractivity contribution in [2.75, 3.05) is 19.7 Å². The first-order valence-electron chi connectivity index (χ1n) is 5.77. The van der Waals surface area contributed by atoms with Gasteiger partial charge in [0.25, 0.3) is 0 Å². The molecule has 0 radical (unpaired) electrons. The largest absolute Gasteiger partial charge is 0.396 e. The van der Waals surface area contributed by atoms with Crippen LogP contribution in [0.15, 0.2) is 23.4 Å². The summed E-state index contributed by atoms with van der Waals surface area (Å²) in [5, 5.41) is 9.12. The van der Waals surface area contributed by atoms with E-state index < -0.39 is 10.0 Å². The average Bonchev–Trinajstić information content (AvgIpc) is 2.76. The van der Waals surface area contributed by atoms with Gasteiger partial charge >= 0.3 is 0 Å². The molecule has 2 heterocycles. The third kappa shape index (κ3) is 2.53. The van der Waals surface area contributed by atoms with Crippen molar-refractivity contribution in [2.24, 2.45) is 13.0 Å². The Bertz CT molecular complexity index is 481. The van der Waals surface area contributed by atoms with Crippen LogP contribution in [0.5, 0.6) is 0 Å². The third-order valence-electron chi connectivity index (χ3n) is 3.18. The number of aromatic nitrogens is 1. The van der Waals surface area contributed by atoms with Gasteiger partial charge in [-0.1, -0.05) is 0 Å². The van der Waals surface area contributed by atoms with E-state index in [0.29, 0.717) is 18.0 Å². The van der Waals surface area contributed by atoms with Crippen LogP contribution >= 0.6 is 0 Å². The Morgan fingerprint density at radius 3 is 2.88 bits per heavy atom. The third-order valence-corrected chi connectivity index (χ3v) is 5.03. The molecule has 0 amide bonds. The molecule has 1 unspecified atom stereocenters. The Morgan fingerprint density at radius 2 is 2.29 bits per heavy atom. The fourth-order valence-electron chi connectivity index (χ4n) is 2.17. The number of rotatable bonds is 3. The minimum atomic E-state index is -3.38. The molecule has 1 atom stereocenters. The molecule has 1 aromatic rings. The zero-order valence-electron chi connectivity index (χ0n) is 9.91. The monoisotopic (exact) mass is 258 g/mol. The van der Waals surface area contributed by atoms with Gasteiger partial charge in [0.1, 0.15) is 0 Å². The summed E-state index contributed by atoms with van der Waals surface area (Å²) in [6.07, 6.45) is 5.05. The summed E-state index contributed by atoms with van der Waals surface area (Å²) in [4.78, 5) is 0.332. The van der Waals surface area contributed by atoms with E-state index in [1.54, 1.807) is 30.1 Å². The molecule has 1 N–H and O–H groups in total. The topological polar surface area (TPSA) is 62.5 Å². The van der Waals surface area contributed by atoms with Crippen molar-refractivity contribution in [1.82, 2.24) is 8.87 Å². The number of hydrogen-bond acceptors (Lipinski definition) is 3. The van der Waals surface area contributed by atoms with Gasteiger partial charge < -0.3 is 9.67 Å². The second-order valence-corrected chi connectivity index (χ2v) is 6.50. The van der Waals surface area contributed by atoms with E-state index in [1.807, 2.05) is 0 Å². The molecule has 1 aliphatic heterocycles. The molecular weight excluding hydrogens is 240 g/mol. The van der Waals surface area contributed by atoms with Gasteiger partial charge in [-0.3, -0.25) is 0 Å². The summed E-state index contributed by atoms with van der Waals surface area (Å²) in [5.41, 5.74) is 0. The van der Waals surface area contributed by atoms with Crippen LogP contribution in [0.1, 0.15) is 12.8 Å². The molecule has 1 aliphatic rings. The number of hydrogen-bond donors (Lipinski definition) is 1. The summed E-state index contributed by atoms with van der Waals surface area (Å²) in [6.45, 7) is 1.03. The van der Waals surface area contributed by atoms with Crippen molar-refractivity contribution in [2.45, 2.75) is 17.7 Å². The number of aliphatic hydroxyl groups excluding tert-OH is 1. The second kappa shape index (κ2) is 4.80. The SMILES string of the molecule is Cn1ccc(S(=O)(=O)N2CCCC(CO)C2)c1. The fourth-order valence-corrected chi connectivity index (χ4v) is 3.78. The summed E-state index contributed by atoms with van der Waals surface area (Å²) in [5.74, 6) is 0.0715. The van der Waals surface area contributed by atoms with Gasteiger partial charge in [-0.05, 0) is 24.8 Å². The summed E-state index contributed by atoms with van der Waals surface area (Å²) >= 11 is 0. The van der Waals surface area contributed by atoms with Crippen molar-refractivity contribution in [3.8, 4) is 0 Å². The van der Waals surface area contributed by atoms with E-state index in [9.17, 15) is 8.42 Å². The Morgan fingerprint density at radius 1 is 1.53 bits per heavy atom. The highest BCUT2D eigenvalue weighted by Crippen LogP contribution is 2.23. The Hall–Kier alpha value is -0.850.